The Balaban J connectivity index is 2.02. The summed E-state index contributed by atoms with van der Waals surface area (Å²) in [7, 11) is 1.28. The molecule has 9 nitrogen and oxygen atoms in total. The molecule has 0 saturated carbocycles. The van der Waals surface area contributed by atoms with Crippen LogP contribution in [0.3, 0.4) is 0 Å². The lowest BCUT2D eigenvalue weighted by atomic mass is 9.74. The molecule has 2 N–H and O–H groups in total. The molecule has 200 valence electrons. The van der Waals surface area contributed by atoms with Crippen molar-refractivity contribution >= 4 is 11.9 Å². The van der Waals surface area contributed by atoms with Crippen LogP contribution < -0.4 is 10.6 Å². The number of nitro groups is 1. The molecular formula is C28H37N3O6. The van der Waals surface area contributed by atoms with Crippen molar-refractivity contribution in [3.8, 4) is 0 Å². The zero-order valence-electron chi connectivity index (χ0n) is 21.9. The van der Waals surface area contributed by atoms with Crippen molar-refractivity contribution in [1.29, 1.82) is 0 Å². The van der Waals surface area contributed by atoms with Gasteiger partial charge in [0.25, 0.3) is 0 Å². The van der Waals surface area contributed by atoms with Gasteiger partial charge in [-0.05, 0) is 24.0 Å². The summed E-state index contributed by atoms with van der Waals surface area (Å²) in [6, 6.07) is 17.0. The molecule has 2 aromatic carbocycles. The molecule has 0 unspecified atom stereocenters. The van der Waals surface area contributed by atoms with Gasteiger partial charge in [0.1, 0.15) is 11.6 Å². The number of nitrogens with one attached hydrogen (secondary N) is 2. The van der Waals surface area contributed by atoms with E-state index in [4.69, 9.17) is 4.74 Å². The van der Waals surface area contributed by atoms with E-state index in [0.29, 0.717) is 0 Å². The number of carbonyl (C=O) groups excluding carboxylic acids is 2. The molecule has 9 heteroatoms. The Morgan fingerprint density at radius 1 is 1.14 bits per heavy atom. The zero-order valence-corrected chi connectivity index (χ0v) is 21.9. The predicted octanol–water partition coefficient (Wildman–Crippen LogP) is 3.66. The van der Waals surface area contributed by atoms with Crippen molar-refractivity contribution in [1.82, 2.24) is 10.6 Å². The van der Waals surface area contributed by atoms with Gasteiger partial charge in [0, 0.05) is 11.5 Å². The molecule has 1 amide bonds. The number of rotatable bonds is 12. The van der Waals surface area contributed by atoms with E-state index in [1.807, 2.05) is 74.5 Å². The largest absolute Gasteiger partial charge is 0.469 e. The van der Waals surface area contributed by atoms with Crippen LogP contribution in [0.2, 0.25) is 0 Å². The van der Waals surface area contributed by atoms with Crippen LogP contribution in [0.4, 0.5) is 0 Å². The van der Waals surface area contributed by atoms with Gasteiger partial charge in [0.05, 0.1) is 32.2 Å². The van der Waals surface area contributed by atoms with E-state index < -0.39 is 41.5 Å². The fourth-order valence-corrected chi connectivity index (χ4v) is 5.17. The van der Waals surface area contributed by atoms with Crippen molar-refractivity contribution in [2.24, 2.45) is 11.8 Å². The van der Waals surface area contributed by atoms with Gasteiger partial charge in [-0.15, -0.1) is 0 Å². The number of carbonyl (C=O) groups is 2. The Labute approximate surface area is 218 Å². The minimum Gasteiger partial charge on any atom is -0.469 e. The van der Waals surface area contributed by atoms with E-state index in [2.05, 4.69) is 15.4 Å². The summed E-state index contributed by atoms with van der Waals surface area (Å²) in [5, 5.41) is 18.8. The van der Waals surface area contributed by atoms with Gasteiger partial charge in [0.15, 0.2) is 0 Å². The summed E-state index contributed by atoms with van der Waals surface area (Å²) in [6.07, 6.45) is 0.137. The van der Waals surface area contributed by atoms with Crippen molar-refractivity contribution in [3.05, 3.63) is 81.9 Å². The highest BCUT2D eigenvalue weighted by atomic mass is 16.6. The molecule has 0 radical (unpaired) electrons. The third kappa shape index (κ3) is 6.53. The quantitative estimate of drug-likeness (QED) is 0.253. The number of ether oxygens (including phenoxy) is 2. The second-order valence-corrected chi connectivity index (χ2v) is 9.77. The van der Waals surface area contributed by atoms with Gasteiger partial charge in [0.2, 0.25) is 11.9 Å². The summed E-state index contributed by atoms with van der Waals surface area (Å²) in [4.78, 5) is 37.6. The molecule has 1 aliphatic heterocycles. The highest BCUT2D eigenvalue weighted by molar-refractivity contribution is 5.87. The zero-order chi connectivity index (χ0) is 27.0. The first-order chi connectivity index (χ1) is 17.7. The lowest BCUT2D eigenvalue weighted by Gasteiger charge is -2.37. The first-order valence-electron chi connectivity index (χ1n) is 12.7. The van der Waals surface area contributed by atoms with Crippen LogP contribution in [0, 0.1) is 22.0 Å². The molecule has 6 atom stereocenters. The monoisotopic (exact) mass is 511 g/mol. The average molecular weight is 512 g/mol. The number of nitrogens with zero attached hydrogens (tertiary/aromatic N) is 1. The van der Waals surface area contributed by atoms with Crippen LogP contribution in [0.1, 0.15) is 50.8 Å². The SMILES string of the molecule is CC[C@H](C)[C@H](OCc1ccccc1)[C@H]1[C@H]([N+](=O)[O-])[C@H](c2ccccc2)N[C@]1(C)C(=O)NCCC(=O)OC. The molecule has 1 saturated heterocycles. The third-order valence-electron chi connectivity index (χ3n) is 7.39. The van der Waals surface area contributed by atoms with E-state index in [1.54, 1.807) is 6.92 Å². The summed E-state index contributed by atoms with van der Waals surface area (Å²) in [5.41, 5.74) is 0.341. The Hall–Kier alpha value is -3.30. The van der Waals surface area contributed by atoms with Gasteiger partial charge in [-0.25, -0.2) is 0 Å². The lowest BCUT2D eigenvalue weighted by molar-refractivity contribution is -0.536. The fraction of sp³-hybridized carbons (Fsp3) is 0.500. The van der Waals surface area contributed by atoms with Crippen molar-refractivity contribution in [3.63, 3.8) is 0 Å². The van der Waals surface area contributed by atoms with E-state index in [1.165, 1.54) is 7.11 Å². The van der Waals surface area contributed by atoms with Gasteiger partial charge < -0.3 is 14.8 Å². The molecule has 37 heavy (non-hydrogen) atoms. The highest BCUT2D eigenvalue weighted by Gasteiger charge is 2.64. The molecule has 2 aromatic rings. The van der Waals surface area contributed by atoms with Gasteiger partial charge in [-0.3, -0.25) is 25.0 Å². The summed E-state index contributed by atoms with van der Waals surface area (Å²) >= 11 is 0. The van der Waals surface area contributed by atoms with Crippen molar-refractivity contribution < 1.29 is 24.0 Å². The summed E-state index contributed by atoms with van der Waals surface area (Å²) in [6.45, 7) is 6.04. The Morgan fingerprint density at radius 2 is 1.76 bits per heavy atom. The minimum absolute atomic E-state index is 0.00304. The Bertz CT molecular complexity index is 1050. The molecule has 1 fully saturated rings. The number of hydrogen-bond acceptors (Lipinski definition) is 7. The average Bonchev–Trinajstić information content (AvgIpc) is 3.24. The predicted molar refractivity (Wildman–Crippen MR) is 139 cm³/mol. The second kappa shape index (κ2) is 12.8. The number of amides is 1. The number of hydrogen-bond donors (Lipinski definition) is 2. The van der Waals surface area contributed by atoms with E-state index in [0.717, 1.165) is 17.5 Å². The van der Waals surface area contributed by atoms with Gasteiger partial charge >= 0.3 is 5.97 Å². The molecule has 0 aliphatic carbocycles. The molecule has 0 bridgehead atoms. The second-order valence-electron chi connectivity index (χ2n) is 9.77. The van der Waals surface area contributed by atoms with E-state index >= 15 is 0 Å². The van der Waals surface area contributed by atoms with Gasteiger partial charge in [-0.1, -0.05) is 80.9 Å². The highest BCUT2D eigenvalue weighted by Crippen LogP contribution is 2.45. The Morgan fingerprint density at radius 3 is 2.32 bits per heavy atom. The van der Waals surface area contributed by atoms with E-state index in [9.17, 15) is 19.7 Å². The first-order valence-corrected chi connectivity index (χ1v) is 12.7. The van der Waals surface area contributed by atoms with Crippen molar-refractivity contribution in [2.45, 2.75) is 63.9 Å². The topological polar surface area (TPSA) is 120 Å². The smallest absolute Gasteiger partial charge is 0.307 e. The third-order valence-corrected chi connectivity index (χ3v) is 7.39. The standard InChI is InChI=1S/C28H37N3O6/c1-5-19(2)26(37-18-20-12-8-6-9-13-20)23-25(31(34)35)24(21-14-10-7-11-15-21)30-28(23,3)27(33)29-17-16-22(32)36-4/h6-15,19,23-26,30H,5,16-18H2,1-4H3,(H,29,33)/t19-,23+,24-,25-,26-,28-/m0/s1. The summed E-state index contributed by atoms with van der Waals surface area (Å²) in [5.74, 6) is -1.71. The number of benzene rings is 2. The Kier molecular flexibility index (Phi) is 9.77. The molecule has 0 aromatic heterocycles. The van der Waals surface area contributed by atoms with Crippen molar-refractivity contribution in [2.75, 3.05) is 13.7 Å². The van der Waals surface area contributed by atoms with Crippen LogP contribution >= 0.6 is 0 Å². The molecule has 1 heterocycles. The van der Waals surface area contributed by atoms with Crippen LogP contribution in [-0.4, -0.2) is 48.1 Å². The maximum absolute atomic E-state index is 13.7. The lowest BCUT2D eigenvalue weighted by Crippen LogP contribution is -2.60. The number of esters is 1. The maximum Gasteiger partial charge on any atom is 0.307 e. The van der Waals surface area contributed by atoms with Crippen LogP contribution in [0.15, 0.2) is 60.7 Å². The fourth-order valence-electron chi connectivity index (χ4n) is 5.17. The molecular weight excluding hydrogens is 474 g/mol. The van der Waals surface area contributed by atoms with Crippen LogP contribution in [0.5, 0.6) is 0 Å². The molecule has 1 aliphatic rings. The first kappa shape index (κ1) is 28.3. The van der Waals surface area contributed by atoms with Crippen LogP contribution in [0.25, 0.3) is 0 Å². The summed E-state index contributed by atoms with van der Waals surface area (Å²) < 4.78 is 11.1. The maximum atomic E-state index is 13.7. The number of methoxy groups -OCH3 is 1. The minimum atomic E-state index is -1.33. The van der Waals surface area contributed by atoms with Crippen LogP contribution in [-0.2, 0) is 25.7 Å². The molecule has 3 rings (SSSR count). The van der Waals surface area contributed by atoms with Gasteiger partial charge in [-0.2, -0.15) is 0 Å². The molecule has 0 spiro atoms. The van der Waals surface area contributed by atoms with E-state index in [-0.39, 0.29) is 30.4 Å². The normalized spacial score (nSPS) is 24.7.